The topological polar surface area (TPSA) is 43.8 Å². The first kappa shape index (κ1) is 41.0. The van der Waals surface area contributed by atoms with Crippen molar-refractivity contribution in [2.75, 3.05) is 0 Å². The number of benzene rings is 8. The number of hydrogen-bond donors (Lipinski definition) is 0. The van der Waals surface area contributed by atoms with E-state index in [9.17, 15) is 0 Å². The lowest BCUT2D eigenvalue weighted by molar-refractivity contribution is 0.484. The van der Waals surface area contributed by atoms with E-state index in [-0.39, 0.29) is 0 Å². The maximum atomic E-state index is 6.95. The number of ether oxygens (including phenoxy) is 1. The van der Waals surface area contributed by atoms with Crippen LogP contribution in [0.4, 0.5) is 0 Å². The van der Waals surface area contributed by atoms with Crippen molar-refractivity contribution in [2.45, 2.75) is 79.1 Å². The highest BCUT2D eigenvalue weighted by Crippen LogP contribution is 2.46. The van der Waals surface area contributed by atoms with Crippen LogP contribution < -0.4 is 4.74 Å². The molecular weight excluding hydrogens is 817 g/mol. The zero-order valence-corrected chi connectivity index (χ0v) is 39.5. The quantitative estimate of drug-likeness (QED) is 0.143. The summed E-state index contributed by atoms with van der Waals surface area (Å²) in [5.74, 6) is 2.95. The molecule has 0 aliphatic rings. The second kappa shape index (κ2) is 15.6. The maximum absolute atomic E-state index is 6.95. The molecule has 0 fully saturated rings. The van der Waals surface area contributed by atoms with Crippen molar-refractivity contribution in [1.82, 2.24) is 18.8 Å². The summed E-state index contributed by atoms with van der Waals surface area (Å²) in [5, 5.41) is 6.75. The predicted octanol–water partition coefficient (Wildman–Crippen LogP) is 17.5. The number of para-hydroxylation sites is 6. The van der Waals surface area contributed by atoms with Gasteiger partial charge in [0.15, 0.2) is 0 Å². The summed E-state index contributed by atoms with van der Waals surface area (Å²) in [6.45, 7) is 18.4. The maximum Gasteiger partial charge on any atom is 0.146 e. The molecule has 12 rings (SSSR count). The molecule has 328 valence electrons. The molecule has 0 aliphatic heterocycles. The molecule has 0 unspecified atom stereocenters. The zero-order chi connectivity index (χ0) is 45.8. The summed E-state index contributed by atoms with van der Waals surface area (Å²) < 4.78 is 11.7. The van der Waals surface area contributed by atoms with Gasteiger partial charge < -0.3 is 4.74 Å². The van der Waals surface area contributed by atoms with Gasteiger partial charge in [-0.15, -0.1) is 0 Å². The number of imidazole rings is 2. The second-order valence-electron chi connectivity index (χ2n) is 19.7. The smallest absolute Gasteiger partial charge is 0.146 e. The highest BCUT2D eigenvalue weighted by molar-refractivity contribution is 6.19. The van der Waals surface area contributed by atoms with Crippen LogP contribution in [-0.2, 0) is 0 Å². The van der Waals surface area contributed by atoms with E-state index in [1.165, 1.54) is 66.3 Å². The van der Waals surface area contributed by atoms with Crippen LogP contribution in [0.3, 0.4) is 0 Å². The molecular formula is C62H54N4O. The van der Waals surface area contributed by atoms with Gasteiger partial charge in [0.2, 0.25) is 0 Å². The molecule has 5 nitrogen and oxygen atoms in total. The second-order valence-corrected chi connectivity index (χ2v) is 19.7. The molecule has 4 heterocycles. The van der Waals surface area contributed by atoms with Crippen LogP contribution in [0.2, 0.25) is 0 Å². The highest BCUT2D eigenvalue weighted by atomic mass is 16.5. The van der Waals surface area contributed by atoms with Gasteiger partial charge in [0.05, 0.1) is 33.1 Å². The standard InChI is InChI=1S/C62H54N4O/c1-35(2)41-17-13-18-42(36(3)4)57(41)49-23-15-21-47-45-31-29-39(33-51(45)61-63-53-25-9-11-27-55(53)65(61)59(47)49)67-40-30-32-46-48-22-16-24-50(58-43(37(5)6)19-14-20-44(58)38(7)8)60(48)66-56-28-12-10-26-54(56)64-62(66)52(46)34-40/h9-38H,1-8H3. The minimum atomic E-state index is 0.360. The van der Waals surface area contributed by atoms with Crippen molar-refractivity contribution in [3.05, 3.63) is 180 Å². The molecule has 8 aromatic carbocycles. The average molecular weight is 871 g/mol. The summed E-state index contributed by atoms with van der Waals surface area (Å²) >= 11 is 0. The number of fused-ring (bicyclic) bond motifs is 16. The number of nitrogens with zero attached hydrogens (tertiary/aromatic N) is 4. The van der Waals surface area contributed by atoms with Gasteiger partial charge in [0.25, 0.3) is 0 Å². The largest absolute Gasteiger partial charge is 0.457 e. The van der Waals surface area contributed by atoms with Crippen LogP contribution in [0.15, 0.2) is 158 Å². The molecule has 0 atom stereocenters. The number of aromatic nitrogens is 4. The third-order valence-corrected chi connectivity index (χ3v) is 14.2. The highest BCUT2D eigenvalue weighted by Gasteiger charge is 2.24. The molecule has 67 heavy (non-hydrogen) atoms. The van der Waals surface area contributed by atoms with Crippen LogP contribution in [-0.4, -0.2) is 18.8 Å². The van der Waals surface area contributed by atoms with Crippen molar-refractivity contribution in [3.8, 4) is 33.8 Å². The third kappa shape index (κ3) is 6.28. The molecule has 12 aromatic rings. The van der Waals surface area contributed by atoms with Crippen LogP contribution >= 0.6 is 0 Å². The fourth-order valence-corrected chi connectivity index (χ4v) is 11.1. The van der Waals surface area contributed by atoms with E-state index in [2.05, 4.69) is 222 Å². The van der Waals surface area contributed by atoms with Crippen molar-refractivity contribution in [1.29, 1.82) is 0 Å². The van der Waals surface area contributed by atoms with Crippen LogP contribution in [0.5, 0.6) is 11.5 Å². The summed E-state index contributed by atoms with van der Waals surface area (Å²) in [6.07, 6.45) is 0. The first-order valence-corrected chi connectivity index (χ1v) is 24.0. The van der Waals surface area contributed by atoms with Gasteiger partial charge in [-0.3, -0.25) is 8.80 Å². The number of pyridine rings is 2. The Balaban J connectivity index is 1.07. The summed E-state index contributed by atoms with van der Waals surface area (Å²) in [4.78, 5) is 10.7. The van der Waals surface area contributed by atoms with Gasteiger partial charge in [-0.25, -0.2) is 9.97 Å². The lowest BCUT2D eigenvalue weighted by Gasteiger charge is -2.22. The lowest BCUT2D eigenvalue weighted by atomic mass is 9.84. The van der Waals surface area contributed by atoms with Gasteiger partial charge in [0, 0.05) is 32.7 Å². The first-order valence-electron chi connectivity index (χ1n) is 24.0. The SMILES string of the molecule is CC(C)c1cccc(C(C)C)c1-c1cccc2c3ccc(Oc4ccc5c(c4)c4nc6ccccc6n4c4c(-c6c(C(C)C)cccc6C(C)C)cccc54)cc3c3nc4ccccc4n3c12. The van der Waals surface area contributed by atoms with Crippen molar-refractivity contribution in [2.24, 2.45) is 0 Å². The number of hydrogen-bond acceptors (Lipinski definition) is 3. The van der Waals surface area contributed by atoms with E-state index in [1.807, 2.05) is 0 Å². The van der Waals surface area contributed by atoms with E-state index in [1.54, 1.807) is 0 Å². The van der Waals surface area contributed by atoms with E-state index < -0.39 is 0 Å². The third-order valence-electron chi connectivity index (χ3n) is 14.2. The molecule has 0 saturated carbocycles. The molecule has 0 radical (unpaired) electrons. The number of rotatable bonds is 8. The van der Waals surface area contributed by atoms with Crippen molar-refractivity contribution in [3.63, 3.8) is 0 Å². The molecule has 0 N–H and O–H groups in total. The van der Waals surface area contributed by atoms with Gasteiger partial charge in [-0.2, -0.15) is 0 Å². The van der Waals surface area contributed by atoms with Crippen LogP contribution in [0.1, 0.15) is 101 Å². The van der Waals surface area contributed by atoms with E-state index >= 15 is 0 Å². The van der Waals surface area contributed by atoms with Crippen molar-refractivity contribution < 1.29 is 4.74 Å². The zero-order valence-electron chi connectivity index (χ0n) is 39.5. The van der Waals surface area contributed by atoms with E-state index in [0.29, 0.717) is 23.7 Å². The Hall–Kier alpha value is -7.50. The molecule has 0 aliphatic carbocycles. The van der Waals surface area contributed by atoms with E-state index in [4.69, 9.17) is 14.7 Å². The van der Waals surface area contributed by atoms with Gasteiger partial charge >= 0.3 is 0 Å². The Morgan fingerprint density at radius 2 is 0.731 bits per heavy atom. The van der Waals surface area contributed by atoms with Crippen LogP contribution in [0, 0.1) is 0 Å². The average Bonchev–Trinajstić information content (AvgIpc) is 3.93. The van der Waals surface area contributed by atoms with Crippen LogP contribution in [0.25, 0.3) is 99.0 Å². The fourth-order valence-electron chi connectivity index (χ4n) is 11.1. The first-order chi connectivity index (χ1) is 32.6. The molecule has 0 amide bonds. The minimum Gasteiger partial charge on any atom is -0.457 e. The summed E-state index contributed by atoms with van der Waals surface area (Å²) in [5.41, 5.74) is 18.9. The Bertz CT molecular complexity index is 3670. The Morgan fingerprint density at radius 1 is 0.358 bits per heavy atom. The molecule has 5 heteroatoms. The fraction of sp³-hybridized carbons (Fsp3) is 0.194. The van der Waals surface area contributed by atoms with Gasteiger partial charge in [0.1, 0.15) is 22.8 Å². The monoisotopic (exact) mass is 870 g/mol. The Morgan fingerprint density at radius 3 is 1.12 bits per heavy atom. The molecule has 0 spiro atoms. The lowest BCUT2D eigenvalue weighted by Crippen LogP contribution is -2.02. The van der Waals surface area contributed by atoms with Gasteiger partial charge in [-0.05, 0) is 128 Å². The molecule has 0 bridgehead atoms. The van der Waals surface area contributed by atoms with Gasteiger partial charge in [-0.1, -0.05) is 152 Å². The predicted molar refractivity (Wildman–Crippen MR) is 283 cm³/mol. The summed E-state index contributed by atoms with van der Waals surface area (Å²) in [6, 6.07) is 57.4. The molecule has 0 saturated heterocycles. The minimum absolute atomic E-state index is 0.360. The Labute approximate surface area is 391 Å². The molecule has 4 aromatic heterocycles. The normalized spacial score (nSPS) is 12.4. The van der Waals surface area contributed by atoms with E-state index in [0.717, 1.165) is 66.4 Å². The Kier molecular flexibility index (Phi) is 9.51. The summed E-state index contributed by atoms with van der Waals surface area (Å²) in [7, 11) is 0. The van der Waals surface area contributed by atoms with Crippen molar-refractivity contribution >= 4 is 76.7 Å².